The van der Waals surface area contributed by atoms with Crippen LogP contribution < -0.4 is 0 Å². The lowest BCUT2D eigenvalue weighted by atomic mass is 9.99. The van der Waals surface area contributed by atoms with Crippen LogP contribution in [0.15, 0.2) is 0 Å². The van der Waals surface area contributed by atoms with Crippen molar-refractivity contribution in [2.45, 2.75) is 45.3 Å². The van der Waals surface area contributed by atoms with Crippen LogP contribution in [0.3, 0.4) is 0 Å². The minimum atomic E-state index is -0.385. The lowest BCUT2D eigenvalue weighted by Crippen LogP contribution is -2.58. The van der Waals surface area contributed by atoms with Crippen molar-refractivity contribution >= 4 is 5.91 Å². The Labute approximate surface area is 98.2 Å². The van der Waals surface area contributed by atoms with E-state index in [-0.39, 0.29) is 17.6 Å². The summed E-state index contributed by atoms with van der Waals surface area (Å²) in [7, 11) is 2.09. The van der Waals surface area contributed by atoms with Gasteiger partial charge in [-0.2, -0.15) is 0 Å². The third-order valence-electron chi connectivity index (χ3n) is 3.45. The van der Waals surface area contributed by atoms with Crippen molar-refractivity contribution in [2.75, 3.05) is 26.7 Å². The number of aliphatic hydroxyl groups is 1. The Balaban J connectivity index is 2.46. The highest BCUT2D eigenvalue weighted by Crippen LogP contribution is 2.19. The maximum Gasteiger partial charge on any atom is 0.222 e. The minimum absolute atomic E-state index is 0.0543. The Morgan fingerprint density at radius 2 is 2.06 bits per heavy atom. The first kappa shape index (κ1) is 13.5. The average molecular weight is 228 g/mol. The van der Waals surface area contributed by atoms with Gasteiger partial charge in [0.15, 0.2) is 0 Å². The van der Waals surface area contributed by atoms with Crippen LogP contribution in [0.1, 0.15) is 33.6 Å². The van der Waals surface area contributed by atoms with Gasteiger partial charge in [0.25, 0.3) is 0 Å². The van der Waals surface area contributed by atoms with Gasteiger partial charge in [-0.3, -0.25) is 9.69 Å². The molecule has 0 radical (unpaired) electrons. The number of rotatable bonds is 3. The van der Waals surface area contributed by atoms with E-state index in [0.29, 0.717) is 12.8 Å². The molecule has 94 valence electrons. The number of hydrogen-bond acceptors (Lipinski definition) is 3. The van der Waals surface area contributed by atoms with Gasteiger partial charge in [0.2, 0.25) is 5.91 Å². The molecule has 0 aromatic carbocycles. The van der Waals surface area contributed by atoms with Crippen molar-refractivity contribution in [3.63, 3.8) is 0 Å². The third kappa shape index (κ3) is 3.46. The predicted octanol–water partition coefficient (Wildman–Crippen LogP) is 0.700. The zero-order valence-corrected chi connectivity index (χ0v) is 10.9. The molecule has 1 unspecified atom stereocenters. The summed E-state index contributed by atoms with van der Waals surface area (Å²) < 4.78 is 0. The monoisotopic (exact) mass is 228 g/mol. The van der Waals surface area contributed by atoms with Crippen LogP contribution in [0.4, 0.5) is 0 Å². The first-order valence-electron chi connectivity index (χ1n) is 6.00. The molecule has 0 aromatic heterocycles. The van der Waals surface area contributed by atoms with Crippen LogP contribution in [-0.2, 0) is 4.79 Å². The number of carbonyl (C=O) groups is 1. The molecule has 4 heteroatoms. The Morgan fingerprint density at radius 3 is 2.56 bits per heavy atom. The molecule has 1 atom stereocenters. The number of nitrogens with zero attached hydrogens (tertiary/aromatic N) is 2. The van der Waals surface area contributed by atoms with E-state index < -0.39 is 0 Å². The summed E-state index contributed by atoms with van der Waals surface area (Å²) in [6.07, 6.45) is 0.632. The third-order valence-corrected chi connectivity index (χ3v) is 3.45. The van der Waals surface area contributed by atoms with Gasteiger partial charge in [-0.25, -0.2) is 0 Å². The lowest BCUT2D eigenvalue weighted by Gasteiger charge is -2.45. The molecule has 1 rings (SSSR count). The molecule has 0 aliphatic carbocycles. The van der Waals surface area contributed by atoms with Gasteiger partial charge in [-0.05, 0) is 34.2 Å². The van der Waals surface area contributed by atoms with E-state index in [9.17, 15) is 4.79 Å². The largest absolute Gasteiger partial charge is 0.393 e. The molecule has 1 saturated heterocycles. The van der Waals surface area contributed by atoms with Crippen LogP contribution in [0, 0.1) is 0 Å². The second-order valence-corrected chi connectivity index (χ2v) is 5.44. The summed E-state index contributed by atoms with van der Waals surface area (Å²) in [4.78, 5) is 16.1. The van der Waals surface area contributed by atoms with E-state index >= 15 is 0 Å². The molecule has 1 amide bonds. The summed E-state index contributed by atoms with van der Waals surface area (Å²) in [5, 5.41) is 9.17. The number of piperazine rings is 1. The van der Waals surface area contributed by atoms with Crippen LogP contribution >= 0.6 is 0 Å². The molecule has 0 saturated carbocycles. The molecule has 4 nitrogen and oxygen atoms in total. The molecule has 1 heterocycles. The molecule has 1 aliphatic heterocycles. The van der Waals surface area contributed by atoms with Gasteiger partial charge in [0.05, 0.1) is 6.10 Å². The Kier molecular flexibility index (Phi) is 4.33. The fourth-order valence-electron chi connectivity index (χ4n) is 1.94. The van der Waals surface area contributed by atoms with Crippen molar-refractivity contribution in [2.24, 2.45) is 0 Å². The summed E-state index contributed by atoms with van der Waals surface area (Å²) in [6.45, 7) is 8.54. The Morgan fingerprint density at radius 1 is 1.44 bits per heavy atom. The standard InChI is InChI=1S/C12H24N2O2/c1-10(15)5-6-11(16)14-8-7-13(4)12(2,3)9-14/h10,15H,5-9H2,1-4H3. The van der Waals surface area contributed by atoms with Crippen LogP contribution in [0.25, 0.3) is 0 Å². The number of hydrogen-bond donors (Lipinski definition) is 1. The molecule has 0 spiro atoms. The second-order valence-electron chi connectivity index (χ2n) is 5.44. The van der Waals surface area contributed by atoms with Gasteiger partial charge >= 0.3 is 0 Å². The zero-order chi connectivity index (χ0) is 12.3. The predicted molar refractivity (Wildman–Crippen MR) is 64.2 cm³/mol. The second kappa shape index (κ2) is 5.15. The van der Waals surface area contributed by atoms with Gasteiger partial charge < -0.3 is 10.0 Å². The van der Waals surface area contributed by atoms with E-state index in [0.717, 1.165) is 19.6 Å². The van der Waals surface area contributed by atoms with E-state index in [1.807, 2.05) is 4.90 Å². The molecule has 0 bridgehead atoms. The van der Waals surface area contributed by atoms with Crippen molar-refractivity contribution in [1.82, 2.24) is 9.80 Å². The summed E-state index contributed by atoms with van der Waals surface area (Å²) >= 11 is 0. The molecule has 1 aliphatic rings. The summed E-state index contributed by atoms with van der Waals surface area (Å²) in [5.41, 5.74) is 0.0543. The van der Waals surface area contributed by atoms with Crippen molar-refractivity contribution in [1.29, 1.82) is 0 Å². The fourth-order valence-corrected chi connectivity index (χ4v) is 1.94. The van der Waals surface area contributed by atoms with Crippen molar-refractivity contribution in [3.05, 3.63) is 0 Å². The smallest absolute Gasteiger partial charge is 0.222 e. The van der Waals surface area contributed by atoms with Crippen LogP contribution in [-0.4, -0.2) is 59.1 Å². The highest BCUT2D eigenvalue weighted by atomic mass is 16.3. The van der Waals surface area contributed by atoms with E-state index in [1.165, 1.54) is 0 Å². The first-order chi connectivity index (χ1) is 7.33. The maximum atomic E-state index is 11.9. The van der Waals surface area contributed by atoms with Gasteiger partial charge in [0.1, 0.15) is 0 Å². The van der Waals surface area contributed by atoms with Crippen LogP contribution in [0.2, 0.25) is 0 Å². The number of amides is 1. The summed E-state index contributed by atoms with van der Waals surface area (Å²) in [5.74, 6) is 0.169. The van der Waals surface area contributed by atoms with Crippen molar-refractivity contribution < 1.29 is 9.90 Å². The molecule has 1 N–H and O–H groups in total. The van der Waals surface area contributed by atoms with E-state index in [4.69, 9.17) is 5.11 Å². The Bertz CT molecular complexity index is 251. The summed E-state index contributed by atoms with van der Waals surface area (Å²) in [6, 6.07) is 0. The molecular weight excluding hydrogens is 204 g/mol. The Hall–Kier alpha value is -0.610. The topological polar surface area (TPSA) is 43.8 Å². The number of likely N-dealkylation sites (N-methyl/N-ethyl adjacent to an activating group) is 1. The van der Waals surface area contributed by atoms with Crippen LogP contribution in [0.5, 0.6) is 0 Å². The SMILES string of the molecule is CC(O)CCC(=O)N1CCN(C)C(C)(C)C1. The molecule has 1 fully saturated rings. The maximum absolute atomic E-state index is 11.9. The highest BCUT2D eigenvalue weighted by Gasteiger charge is 2.32. The molecule has 0 aromatic rings. The average Bonchev–Trinajstić information content (AvgIpc) is 2.18. The van der Waals surface area contributed by atoms with Gasteiger partial charge in [0, 0.05) is 31.6 Å². The van der Waals surface area contributed by atoms with E-state index in [1.54, 1.807) is 6.92 Å². The lowest BCUT2D eigenvalue weighted by molar-refractivity contribution is -0.136. The minimum Gasteiger partial charge on any atom is -0.393 e. The molecular formula is C12H24N2O2. The van der Waals surface area contributed by atoms with E-state index in [2.05, 4.69) is 25.8 Å². The number of aliphatic hydroxyl groups excluding tert-OH is 1. The molecule has 16 heavy (non-hydrogen) atoms. The number of carbonyl (C=O) groups excluding carboxylic acids is 1. The zero-order valence-electron chi connectivity index (χ0n) is 10.9. The quantitative estimate of drug-likeness (QED) is 0.773. The van der Waals surface area contributed by atoms with Gasteiger partial charge in [-0.15, -0.1) is 0 Å². The first-order valence-corrected chi connectivity index (χ1v) is 6.00. The normalized spacial score (nSPS) is 23.2. The highest BCUT2D eigenvalue weighted by molar-refractivity contribution is 5.76. The van der Waals surface area contributed by atoms with Gasteiger partial charge in [-0.1, -0.05) is 0 Å². The van der Waals surface area contributed by atoms with Crippen molar-refractivity contribution in [3.8, 4) is 0 Å². The fraction of sp³-hybridized carbons (Fsp3) is 0.917.